The second-order valence-electron chi connectivity index (χ2n) is 5.25. The number of hydrogen-bond donors (Lipinski definition) is 1. The molecule has 22 heavy (non-hydrogen) atoms. The van der Waals surface area contributed by atoms with Crippen LogP contribution in [0.3, 0.4) is 0 Å². The number of aromatic nitrogens is 2. The molecular weight excluding hydrogens is 287 g/mol. The second kappa shape index (κ2) is 5.59. The average Bonchev–Trinajstić information content (AvgIpc) is 3.06. The lowest BCUT2D eigenvalue weighted by Crippen LogP contribution is -2.28. The highest BCUT2D eigenvalue weighted by atomic mass is 19.1. The Hall–Kier alpha value is -2.70. The van der Waals surface area contributed by atoms with Gasteiger partial charge in [0.2, 0.25) is 11.8 Å². The number of rotatable bonds is 3. The molecule has 0 bridgehead atoms. The van der Waals surface area contributed by atoms with Crippen LogP contribution in [0.25, 0.3) is 0 Å². The van der Waals surface area contributed by atoms with Gasteiger partial charge >= 0.3 is 0 Å². The Morgan fingerprint density at radius 3 is 2.86 bits per heavy atom. The highest BCUT2D eigenvalue weighted by molar-refractivity contribution is 6.03. The molecule has 1 fully saturated rings. The highest BCUT2D eigenvalue weighted by Gasteiger charge is 2.36. The Balaban J connectivity index is 1.71. The maximum absolute atomic E-state index is 13.8. The summed E-state index contributed by atoms with van der Waals surface area (Å²) in [6.45, 7) is 0.172. The summed E-state index contributed by atoms with van der Waals surface area (Å²) in [5, 5.41) is 6.68. The van der Waals surface area contributed by atoms with Gasteiger partial charge in [0.05, 0.1) is 23.5 Å². The van der Waals surface area contributed by atoms with Gasteiger partial charge in [-0.1, -0.05) is 12.1 Å². The average molecular weight is 302 g/mol. The number of nitrogens with one attached hydrogen (secondary N) is 1. The topological polar surface area (TPSA) is 67.2 Å². The van der Waals surface area contributed by atoms with Crippen LogP contribution in [0.2, 0.25) is 0 Å². The number of anilines is 2. The molecule has 2 heterocycles. The lowest BCUT2D eigenvalue weighted by atomic mass is 10.1. The Labute approximate surface area is 126 Å². The molecule has 1 aliphatic rings. The van der Waals surface area contributed by atoms with E-state index in [0.29, 0.717) is 5.69 Å². The summed E-state index contributed by atoms with van der Waals surface area (Å²) in [7, 11) is 1.74. The molecule has 0 radical (unpaired) electrons. The number of hydrogen-bond acceptors (Lipinski definition) is 3. The van der Waals surface area contributed by atoms with Crippen molar-refractivity contribution in [3.63, 3.8) is 0 Å². The van der Waals surface area contributed by atoms with Crippen molar-refractivity contribution in [2.24, 2.45) is 13.0 Å². The van der Waals surface area contributed by atoms with Gasteiger partial charge in [0, 0.05) is 26.2 Å². The predicted octanol–water partition coefficient (Wildman–Crippen LogP) is 1.55. The molecule has 1 N–H and O–H groups in total. The van der Waals surface area contributed by atoms with Crippen molar-refractivity contribution >= 4 is 23.2 Å². The van der Waals surface area contributed by atoms with Gasteiger partial charge in [-0.05, 0) is 12.1 Å². The van der Waals surface area contributed by atoms with E-state index >= 15 is 0 Å². The summed E-state index contributed by atoms with van der Waals surface area (Å²) in [5.41, 5.74) is 0.786. The number of halogens is 1. The fourth-order valence-electron chi connectivity index (χ4n) is 2.52. The summed E-state index contributed by atoms with van der Waals surface area (Å²) in [4.78, 5) is 25.6. The molecule has 1 aliphatic heterocycles. The van der Waals surface area contributed by atoms with Crippen LogP contribution in [-0.2, 0) is 16.6 Å². The zero-order chi connectivity index (χ0) is 15.7. The molecule has 1 saturated heterocycles. The zero-order valence-electron chi connectivity index (χ0n) is 12.0. The van der Waals surface area contributed by atoms with Gasteiger partial charge in [-0.2, -0.15) is 5.10 Å². The summed E-state index contributed by atoms with van der Waals surface area (Å²) >= 11 is 0. The fraction of sp³-hybridized carbons (Fsp3) is 0.267. The van der Waals surface area contributed by atoms with Crippen molar-refractivity contribution in [3.8, 4) is 0 Å². The van der Waals surface area contributed by atoms with Crippen LogP contribution in [0.1, 0.15) is 6.42 Å². The van der Waals surface area contributed by atoms with Crippen LogP contribution < -0.4 is 10.2 Å². The van der Waals surface area contributed by atoms with Gasteiger partial charge < -0.3 is 10.2 Å². The van der Waals surface area contributed by atoms with Crippen molar-refractivity contribution in [3.05, 3.63) is 42.5 Å². The normalized spacial score (nSPS) is 17.8. The van der Waals surface area contributed by atoms with Crippen LogP contribution >= 0.6 is 0 Å². The number of carbonyl (C=O) groups excluding carboxylic acids is 2. The third-order valence-electron chi connectivity index (χ3n) is 3.61. The first-order valence-electron chi connectivity index (χ1n) is 6.89. The molecule has 1 aromatic carbocycles. The third-order valence-corrected chi connectivity index (χ3v) is 3.61. The van der Waals surface area contributed by atoms with E-state index < -0.39 is 11.7 Å². The molecule has 3 rings (SSSR count). The van der Waals surface area contributed by atoms with E-state index in [2.05, 4.69) is 10.4 Å². The van der Waals surface area contributed by atoms with Gasteiger partial charge in [0.15, 0.2) is 0 Å². The highest BCUT2D eigenvalue weighted by Crippen LogP contribution is 2.27. The minimum Gasteiger partial charge on any atom is -0.323 e. The van der Waals surface area contributed by atoms with Crippen LogP contribution in [-0.4, -0.2) is 28.1 Å². The summed E-state index contributed by atoms with van der Waals surface area (Å²) < 4.78 is 15.4. The summed E-state index contributed by atoms with van der Waals surface area (Å²) in [6, 6.07) is 6.06. The minimum atomic E-state index is -0.507. The van der Waals surface area contributed by atoms with E-state index in [9.17, 15) is 14.0 Å². The van der Waals surface area contributed by atoms with E-state index in [1.165, 1.54) is 23.2 Å². The first-order valence-corrected chi connectivity index (χ1v) is 6.89. The van der Waals surface area contributed by atoms with E-state index in [1.807, 2.05) is 0 Å². The molecule has 1 aromatic heterocycles. The lowest BCUT2D eigenvalue weighted by Gasteiger charge is -2.17. The molecule has 0 aliphatic carbocycles. The quantitative estimate of drug-likeness (QED) is 0.935. The maximum Gasteiger partial charge on any atom is 0.229 e. The minimum absolute atomic E-state index is 0.0699. The molecule has 0 spiro atoms. The largest absolute Gasteiger partial charge is 0.323 e. The monoisotopic (exact) mass is 302 g/mol. The Bertz CT molecular complexity index is 728. The summed E-state index contributed by atoms with van der Waals surface area (Å²) in [5.74, 6) is -1.49. The van der Waals surface area contributed by atoms with Gasteiger partial charge in [-0.3, -0.25) is 14.3 Å². The second-order valence-corrected chi connectivity index (χ2v) is 5.25. The van der Waals surface area contributed by atoms with Crippen molar-refractivity contribution in [1.82, 2.24) is 9.78 Å². The van der Waals surface area contributed by atoms with Crippen LogP contribution in [0.4, 0.5) is 15.8 Å². The van der Waals surface area contributed by atoms with E-state index in [-0.39, 0.29) is 30.5 Å². The smallest absolute Gasteiger partial charge is 0.229 e. The Morgan fingerprint density at radius 1 is 1.41 bits per heavy atom. The van der Waals surface area contributed by atoms with E-state index in [4.69, 9.17) is 0 Å². The zero-order valence-corrected chi connectivity index (χ0v) is 12.0. The molecule has 2 aromatic rings. The molecule has 0 saturated carbocycles. The number of aryl methyl sites for hydroxylation is 1. The first kappa shape index (κ1) is 14.2. The lowest BCUT2D eigenvalue weighted by molar-refractivity contribution is -0.122. The van der Waals surface area contributed by atoms with Crippen molar-refractivity contribution in [2.75, 3.05) is 16.8 Å². The van der Waals surface area contributed by atoms with Gasteiger partial charge in [-0.25, -0.2) is 4.39 Å². The molecule has 7 heteroatoms. The fourth-order valence-corrected chi connectivity index (χ4v) is 2.52. The van der Waals surface area contributed by atoms with E-state index in [1.54, 1.807) is 30.1 Å². The maximum atomic E-state index is 13.8. The number of carbonyl (C=O) groups is 2. The van der Waals surface area contributed by atoms with Crippen LogP contribution in [0.5, 0.6) is 0 Å². The molecule has 114 valence electrons. The molecular formula is C15H15FN4O2. The van der Waals surface area contributed by atoms with Gasteiger partial charge in [0.25, 0.3) is 0 Å². The predicted molar refractivity (Wildman–Crippen MR) is 78.7 cm³/mol. The van der Waals surface area contributed by atoms with Gasteiger partial charge in [0.1, 0.15) is 5.82 Å². The number of amides is 2. The Kier molecular flexibility index (Phi) is 3.62. The number of nitrogens with zero attached hydrogens (tertiary/aromatic N) is 3. The standard InChI is InChI=1S/C15H15FN4O2/c1-19-9-11(7-17-19)18-15(22)10-6-14(21)20(8-10)13-5-3-2-4-12(13)16/h2-5,7,9-10H,6,8H2,1H3,(H,18,22)/t10-/m1/s1. The molecule has 0 unspecified atom stereocenters. The van der Waals surface area contributed by atoms with Crippen molar-refractivity contribution in [1.29, 1.82) is 0 Å². The van der Waals surface area contributed by atoms with Crippen molar-refractivity contribution < 1.29 is 14.0 Å². The molecule has 6 nitrogen and oxygen atoms in total. The van der Waals surface area contributed by atoms with Gasteiger partial charge in [-0.15, -0.1) is 0 Å². The number of para-hydroxylation sites is 1. The SMILES string of the molecule is Cn1cc(NC(=O)[C@@H]2CC(=O)N(c3ccccc3F)C2)cn1. The van der Waals surface area contributed by atoms with Crippen LogP contribution in [0, 0.1) is 11.7 Å². The van der Waals surface area contributed by atoms with Crippen molar-refractivity contribution in [2.45, 2.75) is 6.42 Å². The first-order chi connectivity index (χ1) is 10.5. The molecule has 2 amide bonds. The summed E-state index contributed by atoms with van der Waals surface area (Å²) in [6.07, 6.45) is 3.27. The third kappa shape index (κ3) is 2.69. The van der Waals surface area contributed by atoms with E-state index in [0.717, 1.165) is 0 Å². The van der Waals surface area contributed by atoms with Crippen LogP contribution in [0.15, 0.2) is 36.7 Å². The number of benzene rings is 1. The molecule has 1 atom stereocenters. The Morgan fingerprint density at radius 2 is 2.18 bits per heavy atom.